The van der Waals surface area contributed by atoms with Gasteiger partial charge in [0, 0.05) is 6.04 Å². The van der Waals surface area contributed by atoms with Crippen LogP contribution >= 0.6 is 15.9 Å². The minimum atomic E-state index is -0.281. The highest BCUT2D eigenvalue weighted by molar-refractivity contribution is 9.10. The molecule has 0 aliphatic heterocycles. The Bertz CT molecular complexity index is 555. The predicted molar refractivity (Wildman–Crippen MR) is 76.0 cm³/mol. The van der Waals surface area contributed by atoms with Crippen LogP contribution in [0.4, 0.5) is 8.78 Å². The topological polar surface area (TPSA) is 12.0 Å². The number of nitrogens with one attached hydrogen (secondary N) is 1. The van der Waals surface area contributed by atoms with E-state index in [9.17, 15) is 8.78 Å². The molecule has 0 spiro atoms. The second-order valence-electron chi connectivity index (χ2n) is 4.35. The molecule has 0 aliphatic rings. The van der Waals surface area contributed by atoms with E-state index in [2.05, 4.69) is 21.2 Å². The molecular weight excluding hydrogens is 312 g/mol. The van der Waals surface area contributed by atoms with E-state index in [1.165, 1.54) is 18.2 Å². The van der Waals surface area contributed by atoms with E-state index >= 15 is 0 Å². The van der Waals surface area contributed by atoms with Crippen molar-refractivity contribution < 1.29 is 8.78 Å². The van der Waals surface area contributed by atoms with Crippen LogP contribution < -0.4 is 5.32 Å². The lowest BCUT2D eigenvalue weighted by Crippen LogP contribution is -2.19. The third kappa shape index (κ3) is 3.61. The molecule has 0 heterocycles. The van der Waals surface area contributed by atoms with Crippen LogP contribution in [0, 0.1) is 11.6 Å². The summed E-state index contributed by atoms with van der Waals surface area (Å²) >= 11 is 3.14. The maximum absolute atomic E-state index is 13.5. The van der Waals surface area contributed by atoms with Crippen LogP contribution in [-0.4, -0.2) is 7.05 Å². The molecule has 0 amide bonds. The molecule has 0 aromatic heterocycles. The van der Waals surface area contributed by atoms with Crippen LogP contribution in [0.2, 0.25) is 0 Å². The van der Waals surface area contributed by atoms with Crippen LogP contribution in [0.15, 0.2) is 46.9 Å². The van der Waals surface area contributed by atoms with Gasteiger partial charge in [0.25, 0.3) is 0 Å². The second kappa shape index (κ2) is 6.26. The fourth-order valence-corrected chi connectivity index (χ4v) is 2.22. The number of rotatable bonds is 4. The van der Waals surface area contributed by atoms with Crippen molar-refractivity contribution in [2.24, 2.45) is 0 Å². The summed E-state index contributed by atoms with van der Waals surface area (Å²) in [5.41, 5.74) is 1.87. The van der Waals surface area contributed by atoms with E-state index in [1.54, 1.807) is 18.2 Å². The molecule has 1 N–H and O–H groups in total. The van der Waals surface area contributed by atoms with Gasteiger partial charge in [0.05, 0.1) is 4.47 Å². The quantitative estimate of drug-likeness (QED) is 0.887. The normalized spacial score (nSPS) is 12.4. The summed E-state index contributed by atoms with van der Waals surface area (Å²) in [4.78, 5) is 0. The number of benzene rings is 2. The first-order chi connectivity index (χ1) is 9.10. The Hall–Kier alpha value is -1.26. The van der Waals surface area contributed by atoms with E-state index in [-0.39, 0.29) is 17.7 Å². The lowest BCUT2D eigenvalue weighted by Gasteiger charge is -2.17. The summed E-state index contributed by atoms with van der Waals surface area (Å²) in [6.45, 7) is 0. The minimum absolute atomic E-state index is 0.00642. The summed E-state index contributed by atoms with van der Waals surface area (Å²) in [6, 6.07) is 11.4. The average molecular weight is 326 g/mol. The monoisotopic (exact) mass is 325 g/mol. The molecule has 0 aliphatic carbocycles. The van der Waals surface area contributed by atoms with E-state index < -0.39 is 0 Å². The Balaban J connectivity index is 2.19. The number of likely N-dealkylation sites (N-methyl/N-ethyl adjacent to an activating group) is 1. The van der Waals surface area contributed by atoms with Gasteiger partial charge in [0.2, 0.25) is 0 Å². The van der Waals surface area contributed by atoms with Gasteiger partial charge in [-0.25, -0.2) is 8.78 Å². The van der Waals surface area contributed by atoms with Crippen LogP contribution in [0.25, 0.3) is 0 Å². The summed E-state index contributed by atoms with van der Waals surface area (Å²) in [5, 5.41) is 3.15. The van der Waals surface area contributed by atoms with Gasteiger partial charge >= 0.3 is 0 Å². The lowest BCUT2D eigenvalue weighted by molar-refractivity contribution is 0.574. The van der Waals surface area contributed by atoms with Gasteiger partial charge < -0.3 is 5.32 Å². The van der Waals surface area contributed by atoms with Crippen molar-refractivity contribution in [1.82, 2.24) is 5.32 Å². The van der Waals surface area contributed by atoms with E-state index in [0.29, 0.717) is 10.9 Å². The van der Waals surface area contributed by atoms with Gasteiger partial charge in [-0.05, 0) is 64.8 Å². The fourth-order valence-electron chi connectivity index (χ4n) is 1.97. The molecule has 1 unspecified atom stereocenters. The zero-order valence-corrected chi connectivity index (χ0v) is 12.0. The molecule has 0 fully saturated rings. The molecule has 2 aromatic carbocycles. The maximum Gasteiger partial charge on any atom is 0.137 e. The molecule has 1 atom stereocenters. The first-order valence-electron chi connectivity index (χ1n) is 5.97. The van der Waals surface area contributed by atoms with Crippen molar-refractivity contribution in [3.63, 3.8) is 0 Å². The predicted octanol–water partition coefficient (Wildman–Crippen LogP) is 4.23. The number of hydrogen-bond acceptors (Lipinski definition) is 1. The molecule has 100 valence electrons. The van der Waals surface area contributed by atoms with Gasteiger partial charge in [-0.2, -0.15) is 0 Å². The lowest BCUT2D eigenvalue weighted by atomic mass is 9.99. The Kier molecular flexibility index (Phi) is 4.66. The molecule has 2 aromatic rings. The van der Waals surface area contributed by atoms with Gasteiger partial charge in [0.15, 0.2) is 0 Å². The van der Waals surface area contributed by atoms with Crippen LogP contribution in [0.5, 0.6) is 0 Å². The first-order valence-corrected chi connectivity index (χ1v) is 6.76. The Morgan fingerprint density at radius 1 is 1.11 bits per heavy atom. The Morgan fingerprint density at radius 3 is 2.37 bits per heavy atom. The molecular formula is C15H14BrF2N. The summed E-state index contributed by atoms with van der Waals surface area (Å²) in [7, 11) is 1.83. The summed E-state index contributed by atoms with van der Waals surface area (Å²) in [5.74, 6) is -0.531. The summed E-state index contributed by atoms with van der Waals surface area (Å²) in [6.07, 6.45) is 0.678. The smallest absolute Gasteiger partial charge is 0.137 e. The first kappa shape index (κ1) is 14.2. The molecule has 1 nitrogen and oxygen atoms in total. The van der Waals surface area contributed by atoms with Crippen molar-refractivity contribution in [2.45, 2.75) is 12.5 Å². The van der Waals surface area contributed by atoms with Crippen molar-refractivity contribution in [2.75, 3.05) is 7.05 Å². The standard InChI is InChI=1S/C15H14BrF2N/c1-19-15(8-10-2-5-12(17)6-3-10)11-4-7-13(16)14(18)9-11/h2-7,9,15,19H,8H2,1H3. The molecule has 0 saturated heterocycles. The van der Waals surface area contributed by atoms with E-state index in [0.717, 1.165) is 11.1 Å². The third-order valence-corrected chi connectivity index (χ3v) is 3.69. The van der Waals surface area contributed by atoms with Gasteiger partial charge in [-0.3, -0.25) is 0 Å². The molecule has 0 radical (unpaired) electrons. The van der Waals surface area contributed by atoms with Gasteiger partial charge in [0.1, 0.15) is 11.6 Å². The van der Waals surface area contributed by atoms with Crippen molar-refractivity contribution in [1.29, 1.82) is 0 Å². The maximum atomic E-state index is 13.5. The molecule has 0 saturated carbocycles. The third-order valence-electron chi connectivity index (χ3n) is 3.05. The van der Waals surface area contributed by atoms with Crippen LogP contribution in [0.1, 0.15) is 17.2 Å². The fraction of sp³-hybridized carbons (Fsp3) is 0.200. The average Bonchev–Trinajstić information content (AvgIpc) is 2.41. The molecule has 19 heavy (non-hydrogen) atoms. The van der Waals surface area contributed by atoms with Crippen molar-refractivity contribution in [3.8, 4) is 0 Å². The zero-order valence-electron chi connectivity index (χ0n) is 10.5. The van der Waals surface area contributed by atoms with E-state index in [1.807, 2.05) is 13.1 Å². The van der Waals surface area contributed by atoms with E-state index in [4.69, 9.17) is 0 Å². The number of hydrogen-bond donors (Lipinski definition) is 1. The van der Waals surface area contributed by atoms with Crippen molar-refractivity contribution >= 4 is 15.9 Å². The van der Waals surface area contributed by atoms with Crippen molar-refractivity contribution in [3.05, 3.63) is 69.7 Å². The van der Waals surface area contributed by atoms with Gasteiger partial charge in [-0.1, -0.05) is 18.2 Å². The highest BCUT2D eigenvalue weighted by Crippen LogP contribution is 2.23. The highest BCUT2D eigenvalue weighted by Gasteiger charge is 2.12. The molecule has 4 heteroatoms. The highest BCUT2D eigenvalue weighted by atomic mass is 79.9. The SMILES string of the molecule is CNC(Cc1ccc(F)cc1)c1ccc(Br)c(F)c1. The molecule has 0 bridgehead atoms. The minimum Gasteiger partial charge on any atom is -0.313 e. The molecule has 2 rings (SSSR count). The largest absolute Gasteiger partial charge is 0.313 e. The number of halogens is 3. The Labute approximate surface area is 119 Å². The van der Waals surface area contributed by atoms with Crippen LogP contribution in [0.3, 0.4) is 0 Å². The van der Waals surface area contributed by atoms with Gasteiger partial charge in [-0.15, -0.1) is 0 Å². The van der Waals surface area contributed by atoms with Crippen LogP contribution in [-0.2, 0) is 6.42 Å². The summed E-state index contributed by atoms with van der Waals surface area (Å²) < 4.78 is 26.9. The second-order valence-corrected chi connectivity index (χ2v) is 5.20. The zero-order chi connectivity index (χ0) is 13.8. The Morgan fingerprint density at radius 2 is 1.79 bits per heavy atom.